The highest BCUT2D eigenvalue weighted by atomic mass is 16.5. The lowest BCUT2D eigenvalue weighted by molar-refractivity contribution is 0.101. The van der Waals surface area contributed by atoms with Gasteiger partial charge in [-0.3, -0.25) is 4.79 Å². The van der Waals surface area contributed by atoms with E-state index in [0.717, 1.165) is 48.7 Å². The number of rotatable bonds is 7. The number of nitrogens with zero attached hydrogens (tertiary/aromatic N) is 1. The Morgan fingerprint density at radius 2 is 2.00 bits per heavy atom. The minimum Gasteiger partial charge on any atom is -0.494 e. The molecule has 1 aliphatic rings. The van der Waals surface area contributed by atoms with Gasteiger partial charge >= 0.3 is 0 Å². The van der Waals surface area contributed by atoms with Crippen molar-refractivity contribution in [2.75, 3.05) is 31.2 Å². The Morgan fingerprint density at radius 3 is 2.79 bits per heavy atom. The zero-order chi connectivity index (χ0) is 16.8. The summed E-state index contributed by atoms with van der Waals surface area (Å²) in [5, 5.41) is 0. The van der Waals surface area contributed by atoms with Crippen LogP contribution in [0.25, 0.3) is 0 Å². The molecule has 0 aromatic heterocycles. The molecule has 1 heterocycles. The van der Waals surface area contributed by atoms with Crippen LogP contribution in [-0.4, -0.2) is 32.1 Å². The molecule has 0 radical (unpaired) electrons. The molecule has 126 valence electrons. The standard InChI is InChI=1S/C20H23NO3/c1-16(22)17-9-10-20-19(15-17)21(12-14-24-20)11-5-6-13-23-18-7-3-2-4-8-18/h2-4,7-10,15H,5-6,11-14H2,1H3. The number of Topliss-reactive ketones (excluding diaryl/α,β-unsaturated/α-hetero) is 1. The second-order valence-electron chi connectivity index (χ2n) is 5.94. The number of hydrogen-bond acceptors (Lipinski definition) is 4. The van der Waals surface area contributed by atoms with Crippen LogP contribution in [-0.2, 0) is 0 Å². The van der Waals surface area contributed by atoms with E-state index in [1.165, 1.54) is 0 Å². The number of fused-ring (bicyclic) bond motifs is 1. The Bertz CT molecular complexity index is 685. The molecule has 24 heavy (non-hydrogen) atoms. The third kappa shape index (κ3) is 4.07. The summed E-state index contributed by atoms with van der Waals surface area (Å²) in [4.78, 5) is 13.9. The minimum atomic E-state index is 0.0829. The lowest BCUT2D eigenvalue weighted by atomic mass is 10.1. The highest BCUT2D eigenvalue weighted by molar-refractivity contribution is 5.95. The fourth-order valence-corrected chi connectivity index (χ4v) is 2.84. The third-order valence-corrected chi connectivity index (χ3v) is 4.16. The van der Waals surface area contributed by atoms with Gasteiger partial charge in [-0.2, -0.15) is 0 Å². The Hall–Kier alpha value is -2.49. The monoisotopic (exact) mass is 325 g/mol. The summed E-state index contributed by atoms with van der Waals surface area (Å²) >= 11 is 0. The van der Waals surface area contributed by atoms with Crippen LogP contribution in [0.15, 0.2) is 48.5 Å². The van der Waals surface area contributed by atoms with Crippen molar-refractivity contribution in [2.24, 2.45) is 0 Å². The Labute approximate surface area is 143 Å². The number of unbranched alkanes of at least 4 members (excludes halogenated alkanes) is 1. The number of carbonyl (C=O) groups excluding carboxylic acids is 1. The number of ketones is 1. The van der Waals surface area contributed by atoms with Crippen molar-refractivity contribution in [3.05, 3.63) is 54.1 Å². The fourth-order valence-electron chi connectivity index (χ4n) is 2.84. The maximum Gasteiger partial charge on any atom is 0.159 e. The van der Waals surface area contributed by atoms with Gasteiger partial charge in [0.05, 0.1) is 18.8 Å². The van der Waals surface area contributed by atoms with E-state index in [-0.39, 0.29) is 5.78 Å². The summed E-state index contributed by atoms with van der Waals surface area (Å²) in [7, 11) is 0. The summed E-state index contributed by atoms with van der Waals surface area (Å²) in [5.41, 5.74) is 1.76. The van der Waals surface area contributed by atoms with Crippen LogP contribution in [0.4, 0.5) is 5.69 Å². The molecule has 0 fully saturated rings. The Morgan fingerprint density at radius 1 is 1.17 bits per heavy atom. The van der Waals surface area contributed by atoms with E-state index in [1.807, 2.05) is 48.5 Å². The van der Waals surface area contributed by atoms with Gasteiger partial charge in [0.2, 0.25) is 0 Å². The molecule has 0 saturated heterocycles. The van der Waals surface area contributed by atoms with Gasteiger partial charge in [0.25, 0.3) is 0 Å². The lowest BCUT2D eigenvalue weighted by Gasteiger charge is -2.31. The highest BCUT2D eigenvalue weighted by Gasteiger charge is 2.18. The van der Waals surface area contributed by atoms with Gasteiger partial charge in [-0.05, 0) is 50.1 Å². The molecule has 0 N–H and O–H groups in total. The molecule has 2 aromatic rings. The molecule has 1 aliphatic heterocycles. The van der Waals surface area contributed by atoms with Gasteiger partial charge in [0, 0.05) is 12.1 Å². The summed E-state index contributed by atoms with van der Waals surface area (Å²) in [6, 6.07) is 15.6. The highest BCUT2D eigenvalue weighted by Crippen LogP contribution is 2.32. The van der Waals surface area contributed by atoms with Crippen LogP contribution in [0.2, 0.25) is 0 Å². The average Bonchev–Trinajstić information content (AvgIpc) is 2.62. The predicted molar refractivity (Wildman–Crippen MR) is 95.3 cm³/mol. The van der Waals surface area contributed by atoms with Gasteiger partial charge in [0.1, 0.15) is 18.1 Å². The predicted octanol–water partition coefficient (Wildman–Crippen LogP) is 3.95. The number of hydrogen-bond donors (Lipinski definition) is 0. The van der Waals surface area contributed by atoms with Crippen molar-refractivity contribution in [1.29, 1.82) is 0 Å². The lowest BCUT2D eigenvalue weighted by Crippen LogP contribution is -2.33. The molecule has 0 unspecified atom stereocenters. The minimum absolute atomic E-state index is 0.0829. The largest absolute Gasteiger partial charge is 0.494 e. The fraction of sp³-hybridized carbons (Fsp3) is 0.350. The van der Waals surface area contributed by atoms with Gasteiger partial charge in [-0.1, -0.05) is 18.2 Å². The topological polar surface area (TPSA) is 38.8 Å². The molecule has 0 amide bonds. The van der Waals surface area contributed by atoms with Crippen LogP contribution in [0.5, 0.6) is 11.5 Å². The van der Waals surface area contributed by atoms with E-state index < -0.39 is 0 Å². The van der Waals surface area contributed by atoms with E-state index in [0.29, 0.717) is 13.2 Å². The van der Waals surface area contributed by atoms with Gasteiger partial charge in [-0.25, -0.2) is 0 Å². The van der Waals surface area contributed by atoms with Crippen molar-refractivity contribution in [3.63, 3.8) is 0 Å². The van der Waals surface area contributed by atoms with Crippen molar-refractivity contribution in [3.8, 4) is 11.5 Å². The quantitative estimate of drug-likeness (QED) is 0.571. The smallest absolute Gasteiger partial charge is 0.159 e. The third-order valence-electron chi connectivity index (χ3n) is 4.16. The number of ether oxygens (including phenoxy) is 2. The van der Waals surface area contributed by atoms with Crippen LogP contribution in [0.1, 0.15) is 30.1 Å². The summed E-state index contributed by atoms with van der Waals surface area (Å²) < 4.78 is 11.4. The van der Waals surface area contributed by atoms with E-state index in [2.05, 4.69) is 4.90 Å². The molecule has 0 spiro atoms. The Kier molecular flexibility index (Phi) is 5.36. The van der Waals surface area contributed by atoms with Crippen molar-refractivity contribution < 1.29 is 14.3 Å². The van der Waals surface area contributed by atoms with Crippen molar-refractivity contribution >= 4 is 11.5 Å². The molecule has 0 aliphatic carbocycles. The summed E-state index contributed by atoms with van der Waals surface area (Å²) in [6.45, 7) is 4.79. The molecular formula is C20H23NO3. The number of anilines is 1. The molecule has 3 rings (SSSR count). The Balaban J connectivity index is 1.51. The zero-order valence-electron chi connectivity index (χ0n) is 14.0. The van der Waals surface area contributed by atoms with E-state index >= 15 is 0 Å². The van der Waals surface area contributed by atoms with E-state index in [4.69, 9.17) is 9.47 Å². The first-order chi connectivity index (χ1) is 11.7. The van der Waals surface area contributed by atoms with Crippen LogP contribution < -0.4 is 14.4 Å². The molecule has 4 nitrogen and oxygen atoms in total. The number of carbonyl (C=O) groups is 1. The summed E-state index contributed by atoms with van der Waals surface area (Å²) in [5.74, 6) is 1.87. The summed E-state index contributed by atoms with van der Waals surface area (Å²) in [6.07, 6.45) is 2.03. The van der Waals surface area contributed by atoms with E-state index in [1.54, 1.807) is 6.92 Å². The second kappa shape index (κ2) is 7.86. The van der Waals surface area contributed by atoms with Crippen LogP contribution >= 0.6 is 0 Å². The molecule has 0 saturated carbocycles. The average molecular weight is 325 g/mol. The van der Waals surface area contributed by atoms with Gasteiger partial charge < -0.3 is 14.4 Å². The maximum absolute atomic E-state index is 11.6. The maximum atomic E-state index is 11.6. The zero-order valence-corrected chi connectivity index (χ0v) is 14.0. The second-order valence-corrected chi connectivity index (χ2v) is 5.94. The van der Waals surface area contributed by atoms with Crippen LogP contribution in [0, 0.1) is 0 Å². The first kappa shape index (κ1) is 16.4. The molecule has 0 atom stereocenters. The van der Waals surface area contributed by atoms with Gasteiger partial charge in [-0.15, -0.1) is 0 Å². The number of para-hydroxylation sites is 1. The van der Waals surface area contributed by atoms with Gasteiger partial charge in [0.15, 0.2) is 5.78 Å². The van der Waals surface area contributed by atoms with Crippen molar-refractivity contribution in [1.82, 2.24) is 0 Å². The first-order valence-corrected chi connectivity index (χ1v) is 8.44. The van der Waals surface area contributed by atoms with Crippen molar-refractivity contribution in [2.45, 2.75) is 19.8 Å². The number of benzene rings is 2. The first-order valence-electron chi connectivity index (χ1n) is 8.44. The molecular weight excluding hydrogens is 302 g/mol. The molecule has 0 bridgehead atoms. The normalized spacial score (nSPS) is 13.1. The van der Waals surface area contributed by atoms with E-state index in [9.17, 15) is 4.79 Å². The SMILES string of the molecule is CC(=O)c1ccc2c(c1)N(CCCCOc1ccccc1)CCO2. The molecule has 4 heteroatoms. The van der Waals surface area contributed by atoms with Crippen LogP contribution in [0.3, 0.4) is 0 Å². The molecule has 2 aromatic carbocycles.